The second-order valence-corrected chi connectivity index (χ2v) is 6.89. The Hall–Kier alpha value is -1.22. The van der Waals surface area contributed by atoms with Gasteiger partial charge >= 0.3 is 0 Å². The van der Waals surface area contributed by atoms with Crippen LogP contribution in [0, 0.1) is 5.41 Å². The summed E-state index contributed by atoms with van der Waals surface area (Å²) < 4.78 is 5.42. The van der Waals surface area contributed by atoms with Gasteiger partial charge in [0.25, 0.3) is 0 Å². The molecule has 19 heavy (non-hydrogen) atoms. The molecule has 0 saturated carbocycles. The van der Waals surface area contributed by atoms with E-state index in [2.05, 4.69) is 52.1 Å². The van der Waals surface area contributed by atoms with E-state index in [0.29, 0.717) is 6.54 Å². The average Bonchev–Trinajstić information content (AvgIpc) is 2.35. The SMILES string of the molecule is COc1ccc(C(C)(C)C)cc1NCC(C)(C)CN. The zero-order valence-corrected chi connectivity index (χ0v) is 13.1. The van der Waals surface area contributed by atoms with Crippen LogP contribution < -0.4 is 15.8 Å². The van der Waals surface area contributed by atoms with Crippen molar-refractivity contribution < 1.29 is 4.74 Å². The molecule has 0 aliphatic heterocycles. The minimum atomic E-state index is 0.0722. The van der Waals surface area contributed by atoms with E-state index in [-0.39, 0.29) is 10.8 Å². The molecule has 0 radical (unpaired) electrons. The maximum absolute atomic E-state index is 5.77. The zero-order chi connectivity index (χ0) is 14.7. The Balaban J connectivity index is 2.97. The van der Waals surface area contributed by atoms with Crippen LogP contribution in [-0.4, -0.2) is 20.2 Å². The number of methoxy groups -OCH3 is 1. The van der Waals surface area contributed by atoms with Crippen molar-refractivity contribution in [2.75, 3.05) is 25.5 Å². The van der Waals surface area contributed by atoms with Crippen molar-refractivity contribution in [3.8, 4) is 5.75 Å². The second kappa shape index (κ2) is 5.83. The highest BCUT2D eigenvalue weighted by atomic mass is 16.5. The lowest BCUT2D eigenvalue weighted by Crippen LogP contribution is -2.31. The van der Waals surface area contributed by atoms with Gasteiger partial charge in [-0.1, -0.05) is 40.7 Å². The van der Waals surface area contributed by atoms with Gasteiger partial charge in [0, 0.05) is 6.54 Å². The van der Waals surface area contributed by atoms with E-state index in [9.17, 15) is 0 Å². The summed E-state index contributed by atoms with van der Waals surface area (Å²) in [5.41, 5.74) is 8.30. The largest absolute Gasteiger partial charge is 0.495 e. The van der Waals surface area contributed by atoms with E-state index in [1.165, 1.54) is 5.56 Å². The number of ether oxygens (including phenoxy) is 1. The Labute approximate surface area is 117 Å². The molecule has 1 aromatic carbocycles. The van der Waals surface area contributed by atoms with Crippen molar-refractivity contribution >= 4 is 5.69 Å². The molecule has 108 valence electrons. The first-order chi connectivity index (χ1) is 8.69. The van der Waals surface area contributed by atoms with E-state index in [1.807, 2.05) is 6.07 Å². The molecule has 1 aromatic rings. The number of rotatable bonds is 5. The molecule has 0 aliphatic rings. The fraction of sp³-hybridized carbons (Fsp3) is 0.625. The normalized spacial score (nSPS) is 12.4. The van der Waals surface area contributed by atoms with E-state index in [0.717, 1.165) is 18.0 Å². The van der Waals surface area contributed by atoms with Crippen LogP contribution in [0.15, 0.2) is 18.2 Å². The molecule has 0 heterocycles. The van der Waals surface area contributed by atoms with Gasteiger partial charge in [0.2, 0.25) is 0 Å². The topological polar surface area (TPSA) is 47.3 Å². The van der Waals surface area contributed by atoms with Gasteiger partial charge in [0.15, 0.2) is 0 Å². The predicted octanol–water partition coefficient (Wildman–Crippen LogP) is 3.39. The van der Waals surface area contributed by atoms with Gasteiger partial charge in [0.05, 0.1) is 12.8 Å². The summed E-state index contributed by atoms with van der Waals surface area (Å²) in [6, 6.07) is 6.32. The minimum absolute atomic E-state index is 0.0722. The highest BCUT2D eigenvalue weighted by Gasteiger charge is 2.18. The summed E-state index contributed by atoms with van der Waals surface area (Å²) in [5.74, 6) is 0.876. The smallest absolute Gasteiger partial charge is 0.141 e. The third-order valence-electron chi connectivity index (χ3n) is 3.38. The number of nitrogens with two attached hydrogens (primary N) is 1. The molecular weight excluding hydrogens is 236 g/mol. The maximum atomic E-state index is 5.77. The van der Waals surface area contributed by atoms with Gasteiger partial charge in [-0.15, -0.1) is 0 Å². The molecule has 0 unspecified atom stereocenters. The molecule has 3 N–H and O–H groups in total. The lowest BCUT2D eigenvalue weighted by atomic mass is 9.86. The van der Waals surface area contributed by atoms with Crippen molar-refractivity contribution in [2.45, 2.75) is 40.0 Å². The van der Waals surface area contributed by atoms with Gasteiger partial charge in [-0.3, -0.25) is 0 Å². The second-order valence-electron chi connectivity index (χ2n) is 6.89. The molecule has 0 aromatic heterocycles. The summed E-state index contributed by atoms with van der Waals surface area (Å²) >= 11 is 0. The van der Waals surface area contributed by atoms with Crippen LogP contribution in [0.3, 0.4) is 0 Å². The van der Waals surface area contributed by atoms with E-state index in [1.54, 1.807) is 7.11 Å². The highest BCUT2D eigenvalue weighted by Crippen LogP contribution is 2.32. The van der Waals surface area contributed by atoms with Crippen molar-refractivity contribution in [1.29, 1.82) is 0 Å². The molecule has 0 spiro atoms. The van der Waals surface area contributed by atoms with Gasteiger partial charge < -0.3 is 15.8 Å². The molecular formula is C16H28N2O. The van der Waals surface area contributed by atoms with Gasteiger partial charge in [-0.2, -0.15) is 0 Å². The standard InChI is InChI=1S/C16H28N2O/c1-15(2,3)12-7-8-14(19-6)13(9-12)18-11-16(4,5)10-17/h7-9,18H,10-11,17H2,1-6H3. The van der Waals surface area contributed by atoms with Crippen LogP contribution in [0.1, 0.15) is 40.2 Å². The van der Waals surface area contributed by atoms with Crippen LogP contribution in [0.25, 0.3) is 0 Å². The first-order valence-electron chi connectivity index (χ1n) is 6.82. The quantitative estimate of drug-likeness (QED) is 0.857. The summed E-state index contributed by atoms with van der Waals surface area (Å²) in [5, 5.41) is 3.46. The molecule has 3 heteroatoms. The summed E-state index contributed by atoms with van der Waals surface area (Å²) in [7, 11) is 1.70. The van der Waals surface area contributed by atoms with Crippen LogP contribution in [-0.2, 0) is 5.41 Å². The van der Waals surface area contributed by atoms with Gasteiger partial charge in [-0.05, 0) is 35.1 Å². The Bertz CT molecular complexity index is 419. The summed E-state index contributed by atoms with van der Waals surface area (Å²) in [6.45, 7) is 12.4. The van der Waals surface area contributed by atoms with E-state index < -0.39 is 0 Å². The first kappa shape index (κ1) is 15.8. The molecule has 0 fully saturated rings. The zero-order valence-electron chi connectivity index (χ0n) is 13.1. The predicted molar refractivity (Wildman–Crippen MR) is 83.0 cm³/mol. The lowest BCUT2D eigenvalue weighted by Gasteiger charge is -2.26. The monoisotopic (exact) mass is 264 g/mol. The molecule has 3 nitrogen and oxygen atoms in total. The third kappa shape index (κ3) is 4.43. The number of nitrogens with one attached hydrogen (secondary N) is 1. The highest BCUT2D eigenvalue weighted by molar-refractivity contribution is 5.59. The Morgan fingerprint density at radius 1 is 1.16 bits per heavy atom. The van der Waals surface area contributed by atoms with Crippen molar-refractivity contribution in [2.24, 2.45) is 11.1 Å². The maximum Gasteiger partial charge on any atom is 0.141 e. The van der Waals surface area contributed by atoms with E-state index >= 15 is 0 Å². The molecule has 0 saturated heterocycles. The Morgan fingerprint density at radius 2 is 1.79 bits per heavy atom. The Morgan fingerprint density at radius 3 is 2.26 bits per heavy atom. The van der Waals surface area contributed by atoms with Gasteiger partial charge in [0.1, 0.15) is 5.75 Å². The number of hydrogen-bond acceptors (Lipinski definition) is 3. The van der Waals surface area contributed by atoms with Crippen LogP contribution in [0.4, 0.5) is 5.69 Å². The fourth-order valence-corrected chi connectivity index (χ4v) is 1.72. The number of anilines is 1. The fourth-order valence-electron chi connectivity index (χ4n) is 1.72. The number of hydrogen-bond donors (Lipinski definition) is 2. The van der Waals surface area contributed by atoms with Gasteiger partial charge in [-0.25, -0.2) is 0 Å². The van der Waals surface area contributed by atoms with Crippen LogP contribution in [0.2, 0.25) is 0 Å². The first-order valence-corrected chi connectivity index (χ1v) is 6.82. The Kier molecular flexibility index (Phi) is 4.86. The lowest BCUT2D eigenvalue weighted by molar-refractivity contribution is 0.399. The summed E-state index contributed by atoms with van der Waals surface area (Å²) in [6.07, 6.45) is 0. The van der Waals surface area contributed by atoms with Crippen molar-refractivity contribution in [1.82, 2.24) is 0 Å². The molecule has 0 atom stereocenters. The van der Waals surface area contributed by atoms with Crippen LogP contribution >= 0.6 is 0 Å². The van der Waals surface area contributed by atoms with Crippen LogP contribution in [0.5, 0.6) is 5.75 Å². The molecule has 0 amide bonds. The number of benzene rings is 1. The molecule has 0 aliphatic carbocycles. The average molecular weight is 264 g/mol. The molecule has 0 bridgehead atoms. The van der Waals surface area contributed by atoms with E-state index in [4.69, 9.17) is 10.5 Å². The summed E-state index contributed by atoms with van der Waals surface area (Å²) in [4.78, 5) is 0. The molecule has 1 rings (SSSR count). The minimum Gasteiger partial charge on any atom is -0.495 e. The third-order valence-corrected chi connectivity index (χ3v) is 3.38. The van der Waals surface area contributed by atoms with Crippen molar-refractivity contribution in [3.63, 3.8) is 0 Å². The van der Waals surface area contributed by atoms with Crippen molar-refractivity contribution in [3.05, 3.63) is 23.8 Å².